The minimum Gasteiger partial charge on any atom is -0.345 e. The van der Waals surface area contributed by atoms with Crippen LogP contribution in [0.5, 0.6) is 0 Å². The normalized spacial score (nSPS) is 28.0. The molecule has 5 heteroatoms. The molecule has 2 bridgehead atoms. The van der Waals surface area contributed by atoms with Gasteiger partial charge in [0.1, 0.15) is 0 Å². The summed E-state index contributed by atoms with van der Waals surface area (Å²) in [6, 6.07) is 7.64. The molecule has 4 atom stereocenters. The van der Waals surface area contributed by atoms with Gasteiger partial charge in [-0.3, -0.25) is 9.59 Å². The molecule has 2 amide bonds. The number of hydrogen-bond acceptors (Lipinski definition) is 2. The first-order valence-electron chi connectivity index (χ1n) is 11.0. The lowest BCUT2D eigenvalue weighted by molar-refractivity contribution is -0.140. The first-order valence-corrected chi connectivity index (χ1v) is 11.8. The molecule has 156 valence electrons. The number of amides is 2. The van der Waals surface area contributed by atoms with Crippen LogP contribution < -0.4 is 5.32 Å². The summed E-state index contributed by atoms with van der Waals surface area (Å²) in [5.41, 5.74) is 0.958. The predicted molar refractivity (Wildman–Crippen MR) is 119 cm³/mol. The Bertz CT molecular complexity index is 800. The van der Waals surface area contributed by atoms with Gasteiger partial charge in [0.15, 0.2) is 0 Å². The Balaban J connectivity index is 1.50. The number of carbonyl (C=O) groups is 2. The van der Waals surface area contributed by atoms with Crippen molar-refractivity contribution in [2.75, 3.05) is 18.9 Å². The van der Waals surface area contributed by atoms with E-state index in [-0.39, 0.29) is 40.9 Å². The van der Waals surface area contributed by atoms with Crippen molar-refractivity contribution in [2.45, 2.75) is 45.4 Å². The van der Waals surface area contributed by atoms with Crippen LogP contribution in [-0.2, 0) is 9.59 Å². The van der Waals surface area contributed by atoms with Crippen LogP contribution in [-0.4, -0.2) is 30.3 Å². The molecule has 1 aromatic carbocycles. The minimum absolute atomic E-state index is 0.00631. The van der Waals surface area contributed by atoms with E-state index >= 15 is 0 Å². The van der Waals surface area contributed by atoms with Gasteiger partial charge in [0.2, 0.25) is 11.8 Å². The number of anilines is 1. The molecule has 3 aliphatic carbocycles. The van der Waals surface area contributed by atoms with Crippen LogP contribution in [0.1, 0.15) is 45.4 Å². The lowest BCUT2D eigenvalue weighted by Crippen LogP contribution is -2.43. The van der Waals surface area contributed by atoms with Crippen LogP contribution in [0.3, 0.4) is 0 Å². The topological polar surface area (TPSA) is 49.4 Å². The summed E-state index contributed by atoms with van der Waals surface area (Å²) < 4.78 is 0.980. The van der Waals surface area contributed by atoms with E-state index in [1.165, 1.54) is 12.8 Å². The van der Waals surface area contributed by atoms with Crippen molar-refractivity contribution >= 4 is 33.4 Å². The van der Waals surface area contributed by atoms with Crippen molar-refractivity contribution < 1.29 is 9.59 Å². The smallest absolute Gasteiger partial charge is 0.228 e. The number of rotatable bonds is 8. The summed E-state index contributed by atoms with van der Waals surface area (Å²) in [5.74, 6) is 0.0822. The average molecular weight is 459 g/mol. The van der Waals surface area contributed by atoms with E-state index in [4.69, 9.17) is 0 Å². The van der Waals surface area contributed by atoms with Gasteiger partial charge in [-0.1, -0.05) is 54.3 Å². The zero-order valence-electron chi connectivity index (χ0n) is 17.4. The van der Waals surface area contributed by atoms with E-state index in [1.54, 1.807) is 0 Å². The number of nitrogens with zero attached hydrogens (tertiary/aromatic N) is 1. The highest BCUT2D eigenvalue weighted by Crippen LogP contribution is 2.72. The first kappa shape index (κ1) is 20.6. The Labute approximate surface area is 182 Å². The van der Waals surface area contributed by atoms with Gasteiger partial charge >= 0.3 is 0 Å². The Morgan fingerprint density at radius 3 is 2.34 bits per heavy atom. The van der Waals surface area contributed by atoms with Crippen molar-refractivity contribution in [3.63, 3.8) is 0 Å². The van der Waals surface area contributed by atoms with Crippen LogP contribution in [0, 0.1) is 29.1 Å². The number of carbonyl (C=O) groups excluding carboxylic acids is 2. The first-order chi connectivity index (χ1) is 14.0. The maximum atomic E-state index is 13.4. The molecular weight excluding hydrogens is 428 g/mol. The van der Waals surface area contributed by atoms with E-state index in [0.29, 0.717) is 0 Å². The molecule has 0 unspecified atom stereocenters. The van der Waals surface area contributed by atoms with Crippen LogP contribution in [0.25, 0.3) is 0 Å². The van der Waals surface area contributed by atoms with Gasteiger partial charge in [0.25, 0.3) is 0 Å². The van der Waals surface area contributed by atoms with E-state index in [0.717, 1.165) is 42.4 Å². The lowest BCUT2D eigenvalue weighted by atomic mass is 9.81. The van der Waals surface area contributed by atoms with Crippen molar-refractivity contribution in [2.24, 2.45) is 29.1 Å². The minimum atomic E-state index is -0.262. The molecule has 0 aromatic heterocycles. The van der Waals surface area contributed by atoms with Crippen LogP contribution in [0.2, 0.25) is 0 Å². The second-order valence-corrected chi connectivity index (χ2v) is 9.95. The number of halogens is 1. The quantitative estimate of drug-likeness (QED) is 0.426. The monoisotopic (exact) mass is 458 g/mol. The zero-order chi connectivity index (χ0) is 20.6. The summed E-state index contributed by atoms with van der Waals surface area (Å²) >= 11 is 3.43. The van der Waals surface area contributed by atoms with Gasteiger partial charge in [0.05, 0.1) is 11.8 Å². The molecule has 1 spiro atoms. The Kier molecular flexibility index (Phi) is 5.87. The molecule has 4 nitrogen and oxygen atoms in total. The molecule has 2 saturated carbocycles. The summed E-state index contributed by atoms with van der Waals surface area (Å²) in [7, 11) is 1.91. The van der Waals surface area contributed by atoms with Gasteiger partial charge in [-0.15, -0.1) is 0 Å². The highest BCUT2D eigenvalue weighted by molar-refractivity contribution is 9.10. The van der Waals surface area contributed by atoms with Crippen molar-refractivity contribution in [1.29, 1.82) is 0 Å². The van der Waals surface area contributed by atoms with Crippen LogP contribution in [0.15, 0.2) is 40.9 Å². The third-order valence-electron chi connectivity index (χ3n) is 7.26. The van der Waals surface area contributed by atoms with Gasteiger partial charge in [-0.25, -0.2) is 0 Å². The van der Waals surface area contributed by atoms with Gasteiger partial charge in [0, 0.05) is 23.8 Å². The van der Waals surface area contributed by atoms with Crippen molar-refractivity contribution in [3.8, 4) is 0 Å². The van der Waals surface area contributed by atoms with Crippen LogP contribution in [0.4, 0.5) is 5.69 Å². The molecule has 3 aliphatic rings. The lowest BCUT2D eigenvalue weighted by Gasteiger charge is -2.30. The second-order valence-electron chi connectivity index (χ2n) is 9.04. The Hall–Kier alpha value is -1.62. The number of benzene rings is 1. The zero-order valence-corrected chi connectivity index (χ0v) is 19.0. The SMILES string of the molecule is CCCCCCN(C)C(=O)[C@H]1[C@H](C(=O)Nc2ccc(Br)cc2)[C@@H]2C=C[C@H]1C21CC1. The maximum absolute atomic E-state index is 13.4. The van der Waals surface area contributed by atoms with Crippen LogP contribution >= 0.6 is 15.9 Å². The standard InChI is InChI=1S/C24H31BrN2O2/c1-3-4-5-6-15-27(2)23(29)21-19-12-11-18(24(19)13-14-24)20(21)22(28)26-17-9-7-16(25)8-10-17/h7-12,18-21H,3-6,13-15H2,1-2H3,(H,26,28)/t18-,19+,20+,21+/m0/s1. The summed E-state index contributed by atoms with van der Waals surface area (Å²) in [6.07, 6.45) is 11.3. The third-order valence-corrected chi connectivity index (χ3v) is 7.79. The fourth-order valence-electron chi connectivity index (χ4n) is 5.59. The van der Waals surface area contributed by atoms with E-state index in [2.05, 4.69) is 40.3 Å². The maximum Gasteiger partial charge on any atom is 0.228 e. The molecule has 0 heterocycles. The fraction of sp³-hybridized carbons (Fsp3) is 0.583. The summed E-state index contributed by atoms with van der Waals surface area (Å²) in [4.78, 5) is 28.6. The van der Waals surface area contributed by atoms with Gasteiger partial charge in [-0.2, -0.15) is 0 Å². The largest absolute Gasteiger partial charge is 0.345 e. The molecule has 1 N–H and O–H groups in total. The predicted octanol–water partition coefficient (Wildman–Crippen LogP) is 5.25. The van der Waals surface area contributed by atoms with E-state index in [9.17, 15) is 9.59 Å². The van der Waals surface area contributed by atoms with Crippen molar-refractivity contribution in [3.05, 3.63) is 40.9 Å². The van der Waals surface area contributed by atoms with Crippen molar-refractivity contribution in [1.82, 2.24) is 4.90 Å². The molecular formula is C24H31BrN2O2. The number of hydrogen-bond donors (Lipinski definition) is 1. The highest BCUT2D eigenvalue weighted by Gasteiger charge is 2.70. The number of allylic oxidation sites excluding steroid dienone is 2. The third kappa shape index (κ3) is 3.78. The molecule has 29 heavy (non-hydrogen) atoms. The van der Waals surface area contributed by atoms with Gasteiger partial charge < -0.3 is 10.2 Å². The number of unbranched alkanes of at least 4 members (excludes halogenated alkanes) is 3. The van der Waals surface area contributed by atoms with E-state index in [1.807, 2.05) is 36.2 Å². The molecule has 2 fully saturated rings. The summed E-state index contributed by atoms with van der Waals surface area (Å²) in [5, 5.41) is 3.08. The molecule has 4 rings (SSSR count). The Morgan fingerprint density at radius 2 is 1.72 bits per heavy atom. The molecule has 1 aromatic rings. The average Bonchev–Trinajstić information content (AvgIpc) is 3.38. The molecule has 0 saturated heterocycles. The fourth-order valence-corrected chi connectivity index (χ4v) is 5.85. The highest BCUT2D eigenvalue weighted by atomic mass is 79.9. The number of nitrogens with one attached hydrogen (secondary N) is 1. The molecule has 0 aliphatic heterocycles. The van der Waals surface area contributed by atoms with Gasteiger partial charge in [-0.05, 0) is 60.8 Å². The summed E-state index contributed by atoms with van der Waals surface area (Å²) in [6.45, 7) is 2.98. The molecule has 0 radical (unpaired) electrons. The van der Waals surface area contributed by atoms with E-state index < -0.39 is 0 Å². The second kappa shape index (κ2) is 8.25. The Morgan fingerprint density at radius 1 is 1.07 bits per heavy atom.